The first-order chi connectivity index (χ1) is 7.09. The summed E-state index contributed by atoms with van der Waals surface area (Å²) in [6, 6.07) is 2.51. The molecule has 1 aliphatic rings. The summed E-state index contributed by atoms with van der Waals surface area (Å²) in [5, 5.41) is 9.54. The predicted molar refractivity (Wildman–Crippen MR) is 53.3 cm³/mol. The minimum Gasteiger partial charge on any atom is -0.508 e. The summed E-state index contributed by atoms with van der Waals surface area (Å²) in [6.45, 7) is 1.64. The van der Waals surface area contributed by atoms with Crippen molar-refractivity contribution in [1.29, 1.82) is 0 Å². The Kier molecular flexibility index (Phi) is 2.19. The van der Waals surface area contributed by atoms with Gasteiger partial charge >= 0.3 is 0 Å². The SMILES string of the molecule is CC(=O)N1C=Cc2c(F)ccc(O)c2C1. The molecule has 2 rings (SSSR count). The molecule has 1 aromatic rings. The van der Waals surface area contributed by atoms with E-state index in [0.29, 0.717) is 11.1 Å². The van der Waals surface area contributed by atoms with Crippen LogP contribution in [-0.4, -0.2) is 15.9 Å². The third-order valence-electron chi connectivity index (χ3n) is 2.43. The topological polar surface area (TPSA) is 40.5 Å². The smallest absolute Gasteiger partial charge is 0.223 e. The van der Waals surface area contributed by atoms with E-state index in [9.17, 15) is 14.3 Å². The van der Waals surface area contributed by atoms with Crippen LogP contribution in [0.2, 0.25) is 0 Å². The Bertz CT molecular complexity index is 454. The van der Waals surface area contributed by atoms with E-state index >= 15 is 0 Å². The Labute approximate surface area is 86.4 Å². The molecule has 1 heterocycles. The minimum absolute atomic E-state index is 0.0157. The van der Waals surface area contributed by atoms with E-state index in [1.807, 2.05) is 0 Å². The average Bonchev–Trinajstić information content (AvgIpc) is 2.23. The van der Waals surface area contributed by atoms with Crippen LogP contribution in [0, 0.1) is 5.82 Å². The van der Waals surface area contributed by atoms with Crippen LogP contribution in [-0.2, 0) is 11.3 Å². The normalized spacial score (nSPS) is 13.9. The van der Waals surface area contributed by atoms with Crippen molar-refractivity contribution in [3.05, 3.63) is 35.3 Å². The Balaban J connectivity index is 2.49. The molecule has 0 saturated carbocycles. The highest BCUT2D eigenvalue weighted by Gasteiger charge is 2.19. The Morgan fingerprint density at radius 3 is 2.93 bits per heavy atom. The van der Waals surface area contributed by atoms with Gasteiger partial charge in [-0.1, -0.05) is 0 Å². The number of halogens is 1. The molecule has 0 spiro atoms. The van der Waals surface area contributed by atoms with E-state index in [1.165, 1.54) is 36.2 Å². The van der Waals surface area contributed by atoms with Crippen LogP contribution in [0.25, 0.3) is 6.08 Å². The van der Waals surface area contributed by atoms with Crippen molar-refractivity contribution < 1.29 is 14.3 Å². The highest BCUT2D eigenvalue weighted by atomic mass is 19.1. The summed E-state index contributed by atoms with van der Waals surface area (Å²) in [7, 11) is 0. The number of rotatable bonds is 0. The zero-order valence-electron chi connectivity index (χ0n) is 8.20. The van der Waals surface area contributed by atoms with Gasteiger partial charge in [0.1, 0.15) is 11.6 Å². The lowest BCUT2D eigenvalue weighted by Crippen LogP contribution is -2.25. The molecule has 0 saturated heterocycles. The van der Waals surface area contributed by atoms with Crippen LogP contribution in [0.15, 0.2) is 18.3 Å². The standard InChI is InChI=1S/C11H10FNO2/c1-7(14)13-5-4-8-9(6-13)11(15)3-2-10(8)12/h2-5,15H,6H2,1H3. The molecule has 0 bridgehead atoms. The van der Waals surface area contributed by atoms with Gasteiger partial charge in [-0.15, -0.1) is 0 Å². The van der Waals surface area contributed by atoms with Crippen LogP contribution in [0.1, 0.15) is 18.1 Å². The molecular formula is C11H10FNO2. The van der Waals surface area contributed by atoms with Crippen LogP contribution in [0.3, 0.4) is 0 Å². The highest BCUT2D eigenvalue weighted by molar-refractivity contribution is 5.77. The van der Waals surface area contributed by atoms with E-state index in [4.69, 9.17) is 0 Å². The second-order valence-corrected chi connectivity index (χ2v) is 3.42. The molecular weight excluding hydrogens is 197 g/mol. The van der Waals surface area contributed by atoms with Crippen molar-refractivity contribution in [3.8, 4) is 5.75 Å². The fourth-order valence-corrected chi connectivity index (χ4v) is 1.57. The van der Waals surface area contributed by atoms with E-state index < -0.39 is 0 Å². The maximum atomic E-state index is 13.3. The number of hydrogen-bond donors (Lipinski definition) is 1. The van der Waals surface area contributed by atoms with Gasteiger partial charge in [0.25, 0.3) is 0 Å². The summed E-state index contributed by atoms with van der Waals surface area (Å²) in [4.78, 5) is 12.5. The number of nitrogens with zero attached hydrogens (tertiary/aromatic N) is 1. The lowest BCUT2D eigenvalue weighted by atomic mass is 10.0. The lowest BCUT2D eigenvalue weighted by Gasteiger charge is -2.23. The maximum absolute atomic E-state index is 13.3. The summed E-state index contributed by atoms with van der Waals surface area (Å²) < 4.78 is 13.3. The zero-order valence-corrected chi connectivity index (χ0v) is 8.20. The molecule has 0 aliphatic carbocycles. The fraction of sp³-hybridized carbons (Fsp3) is 0.182. The van der Waals surface area contributed by atoms with Crippen molar-refractivity contribution in [2.45, 2.75) is 13.5 Å². The molecule has 1 N–H and O–H groups in total. The van der Waals surface area contributed by atoms with Crippen LogP contribution in [0.4, 0.5) is 4.39 Å². The molecule has 0 fully saturated rings. The van der Waals surface area contributed by atoms with E-state index in [-0.39, 0.29) is 24.0 Å². The Hall–Kier alpha value is -1.84. The summed E-state index contributed by atoms with van der Waals surface area (Å²) in [5.74, 6) is -0.509. The third kappa shape index (κ3) is 1.58. The summed E-state index contributed by atoms with van der Waals surface area (Å²) in [6.07, 6.45) is 3.02. The molecule has 0 aromatic heterocycles. The van der Waals surface area contributed by atoms with Gasteiger partial charge in [-0.3, -0.25) is 4.79 Å². The van der Waals surface area contributed by atoms with Crippen molar-refractivity contribution in [2.75, 3.05) is 0 Å². The number of aromatic hydroxyl groups is 1. The Morgan fingerprint density at radius 2 is 2.27 bits per heavy atom. The van der Waals surface area contributed by atoms with Gasteiger partial charge in [0.2, 0.25) is 5.91 Å². The number of phenols is 1. The van der Waals surface area contributed by atoms with Gasteiger partial charge in [-0.25, -0.2) is 4.39 Å². The van der Waals surface area contributed by atoms with Crippen molar-refractivity contribution >= 4 is 12.0 Å². The van der Waals surface area contributed by atoms with Crippen molar-refractivity contribution in [2.24, 2.45) is 0 Å². The molecule has 1 aliphatic heterocycles. The van der Waals surface area contributed by atoms with Crippen molar-refractivity contribution in [3.63, 3.8) is 0 Å². The summed E-state index contributed by atoms with van der Waals surface area (Å²) >= 11 is 0. The number of amides is 1. The number of fused-ring (bicyclic) bond motifs is 1. The van der Waals surface area contributed by atoms with Gasteiger partial charge in [-0.2, -0.15) is 0 Å². The van der Waals surface area contributed by atoms with Gasteiger partial charge in [-0.05, 0) is 18.2 Å². The molecule has 1 amide bonds. The second-order valence-electron chi connectivity index (χ2n) is 3.42. The van der Waals surface area contributed by atoms with E-state index in [0.717, 1.165) is 0 Å². The number of phenolic OH excluding ortho intramolecular Hbond substituents is 1. The van der Waals surface area contributed by atoms with Crippen molar-refractivity contribution in [1.82, 2.24) is 4.90 Å². The molecule has 15 heavy (non-hydrogen) atoms. The number of benzene rings is 1. The largest absolute Gasteiger partial charge is 0.508 e. The number of carbonyl (C=O) groups excluding carboxylic acids is 1. The molecule has 0 radical (unpaired) electrons. The zero-order chi connectivity index (χ0) is 11.0. The highest BCUT2D eigenvalue weighted by Crippen LogP contribution is 2.29. The summed E-state index contributed by atoms with van der Waals surface area (Å²) in [5.41, 5.74) is 0.806. The Morgan fingerprint density at radius 1 is 1.53 bits per heavy atom. The van der Waals surface area contributed by atoms with Crippen LogP contribution < -0.4 is 0 Å². The molecule has 0 unspecified atom stereocenters. The molecule has 3 nitrogen and oxygen atoms in total. The van der Waals surface area contributed by atoms with E-state index in [1.54, 1.807) is 0 Å². The molecule has 4 heteroatoms. The first kappa shape index (κ1) is 9.71. The first-order valence-corrected chi connectivity index (χ1v) is 4.55. The molecule has 78 valence electrons. The fourth-order valence-electron chi connectivity index (χ4n) is 1.57. The quantitative estimate of drug-likeness (QED) is 0.705. The minimum atomic E-state index is -0.387. The monoisotopic (exact) mass is 207 g/mol. The molecule has 0 atom stereocenters. The second kappa shape index (κ2) is 3.38. The predicted octanol–water partition coefficient (Wildman–Crippen LogP) is 1.86. The van der Waals surface area contributed by atoms with Crippen LogP contribution >= 0.6 is 0 Å². The lowest BCUT2D eigenvalue weighted by molar-refractivity contribution is -0.126. The maximum Gasteiger partial charge on any atom is 0.223 e. The van der Waals surface area contributed by atoms with Gasteiger partial charge in [0.15, 0.2) is 0 Å². The first-order valence-electron chi connectivity index (χ1n) is 4.55. The van der Waals surface area contributed by atoms with Crippen LogP contribution in [0.5, 0.6) is 5.75 Å². The van der Waals surface area contributed by atoms with Gasteiger partial charge < -0.3 is 10.0 Å². The number of carbonyl (C=O) groups is 1. The number of hydrogen-bond acceptors (Lipinski definition) is 2. The third-order valence-corrected chi connectivity index (χ3v) is 2.43. The van der Waals surface area contributed by atoms with E-state index in [2.05, 4.69) is 0 Å². The molecule has 1 aromatic carbocycles. The van der Waals surface area contributed by atoms with Gasteiger partial charge in [0.05, 0.1) is 6.54 Å². The van der Waals surface area contributed by atoms with Gasteiger partial charge in [0, 0.05) is 24.3 Å². The average molecular weight is 207 g/mol.